The molecular formula is C30H41ClFN7O3Si. The van der Waals surface area contributed by atoms with Crippen molar-refractivity contribution in [2.75, 3.05) is 24.6 Å². The van der Waals surface area contributed by atoms with E-state index in [4.69, 9.17) is 31.0 Å². The average molecular weight is 630 g/mol. The molecule has 3 aromatic heterocycles. The lowest BCUT2D eigenvalue weighted by Crippen LogP contribution is -2.53. The van der Waals surface area contributed by atoms with E-state index in [2.05, 4.69) is 29.9 Å². The molecule has 0 unspecified atom stereocenters. The number of alkyl halides is 1. The molecule has 1 aliphatic rings. The van der Waals surface area contributed by atoms with Crippen molar-refractivity contribution in [3.63, 3.8) is 0 Å². The third-order valence-electron chi connectivity index (χ3n) is 7.46. The molecule has 13 heteroatoms. The van der Waals surface area contributed by atoms with Crippen LogP contribution in [0.3, 0.4) is 0 Å². The molecule has 2 atom stereocenters. The summed E-state index contributed by atoms with van der Waals surface area (Å²) in [6.07, 6.45) is 3.89. The number of nitrogens with zero attached hydrogens (tertiary/aromatic N) is 6. The normalized spacial score (nSPS) is 18.0. The van der Waals surface area contributed by atoms with E-state index in [0.29, 0.717) is 48.3 Å². The zero-order chi connectivity index (χ0) is 31.1. The highest BCUT2D eigenvalue weighted by Gasteiger charge is 2.33. The van der Waals surface area contributed by atoms with Crippen molar-refractivity contribution < 1.29 is 18.7 Å². The monoisotopic (exact) mass is 629 g/mol. The molecule has 10 nitrogen and oxygen atoms in total. The second kappa shape index (κ2) is 12.0. The van der Waals surface area contributed by atoms with Gasteiger partial charge in [0.1, 0.15) is 29.8 Å². The van der Waals surface area contributed by atoms with Gasteiger partial charge in [0.05, 0.1) is 41.2 Å². The molecule has 0 aliphatic carbocycles. The fourth-order valence-corrected chi connectivity index (χ4v) is 6.32. The van der Waals surface area contributed by atoms with E-state index in [9.17, 15) is 4.79 Å². The van der Waals surface area contributed by atoms with Crippen molar-refractivity contribution in [3.05, 3.63) is 35.9 Å². The second-order valence-corrected chi connectivity index (χ2v) is 19.4. The van der Waals surface area contributed by atoms with Crippen molar-refractivity contribution in [3.8, 4) is 11.1 Å². The maximum Gasteiger partial charge on any atom is 0.407 e. The maximum absolute atomic E-state index is 15.3. The number of hydrogen-bond donors (Lipinski definition) is 1. The number of benzene rings is 1. The number of nitrogens with one attached hydrogen (secondary N) is 1. The first kappa shape index (κ1) is 31.2. The number of carbonyl (C=O) groups is 1. The molecule has 0 spiro atoms. The molecule has 43 heavy (non-hydrogen) atoms. The SMILES string of the molecule is Cn1cnc2ccc(-c3cn(COCC[Si](C)(C)C)c4nc(N5CC[C@H](NC(=O)OC(C)(C)C)[C@H](F)C5)cnc34)c(Cl)c21. The van der Waals surface area contributed by atoms with Crippen LogP contribution >= 0.6 is 11.6 Å². The van der Waals surface area contributed by atoms with E-state index in [1.807, 2.05) is 39.4 Å². The predicted octanol–water partition coefficient (Wildman–Crippen LogP) is 6.39. The molecule has 0 saturated carbocycles. The van der Waals surface area contributed by atoms with Crippen LogP contribution in [0.4, 0.5) is 15.0 Å². The number of aryl methyl sites for hydroxylation is 1. The number of alkyl carbamates (subject to hydrolysis) is 1. The van der Waals surface area contributed by atoms with Crippen LogP contribution in [0, 0.1) is 0 Å². The predicted molar refractivity (Wildman–Crippen MR) is 171 cm³/mol. The van der Waals surface area contributed by atoms with E-state index >= 15 is 4.39 Å². The van der Waals surface area contributed by atoms with E-state index in [-0.39, 0.29) is 6.54 Å². The van der Waals surface area contributed by atoms with Gasteiger partial charge in [-0.25, -0.2) is 24.1 Å². The summed E-state index contributed by atoms with van der Waals surface area (Å²) in [5.74, 6) is 0.562. The summed E-state index contributed by atoms with van der Waals surface area (Å²) in [5.41, 5.74) is 3.97. The molecule has 1 amide bonds. The molecule has 1 aliphatic heterocycles. The number of imidazole rings is 1. The Morgan fingerprint density at radius 1 is 1.21 bits per heavy atom. The first-order valence-corrected chi connectivity index (χ1v) is 18.7. The Morgan fingerprint density at radius 2 is 1.98 bits per heavy atom. The number of piperidine rings is 1. The summed E-state index contributed by atoms with van der Waals surface area (Å²) >= 11 is 6.93. The Hall–Kier alpha value is -3.22. The topological polar surface area (TPSA) is 99.3 Å². The second-order valence-electron chi connectivity index (χ2n) is 13.4. The Labute approximate surface area is 257 Å². The summed E-state index contributed by atoms with van der Waals surface area (Å²) in [7, 11) is 0.655. The summed E-state index contributed by atoms with van der Waals surface area (Å²) in [5, 5.41) is 3.27. The number of fused-ring (bicyclic) bond motifs is 2. The fraction of sp³-hybridized carbons (Fsp3) is 0.533. The van der Waals surface area contributed by atoms with Gasteiger partial charge in [-0.05, 0) is 39.3 Å². The van der Waals surface area contributed by atoms with Crippen LogP contribution in [-0.4, -0.2) is 75.8 Å². The summed E-state index contributed by atoms with van der Waals surface area (Å²) in [4.78, 5) is 28.3. The minimum Gasteiger partial charge on any atom is -0.444 e. The summed E-state index contributed by atoms with van der Waals surface area (Å²) in [6, 6.07) is 4.31. The van der Waals surface area contributed by atoms with Crippen molar-refractivity contribution in [2.24, 2.45) is 7.05 Å². The molecule has 4 aromatic rings. The van der Waals surface area contributed by atoms with Gasteiger partial charge in [0.25, 0.3) is 0 Å². The zero-order valence-corrected chi connectivity index (χ0v) is 27.7. The van der Waals surface area contributed by atoms with E-state index in [0.717, 1.165) is 28.2 Å². The molecular weight excluding hydrogens is 589 g/mol. The summed E-state index contributed by atoms with van der Waals surface area (Å²) < 4.78 is 30.5. The zero-order valence-electron chi connectivity index (χ0n) is 25.9. The Balaban J connectivity index is 1.43. The lowest BCUT2D eigenvalue weighted by atomic mass is 10.0. The lowest BCUT2D eigenvalue weighted by Gasteiger charge is -2.35. The maximum atomic E-state index is 15.3. The minimum atomic E-state index is -1.30. The largest absolute Gasteiger partial charge is 0.444 e. The highest BCUT2D eigenvalue weighted by Crippen LogP contribution is 2.38. The van der Waals surface area contributed by atoms with Gasteiger partial charge in [0.2, 0.25) is 0 Å². The number of rotatable bonds is 8. The first-order chi connectivity index (χ1) is 20.2. The number of hydrogen-bond acceptors (Lipinski definition) is 7. The third-order valence-corrected chi connectivity index (χ3v) is 9.54. The van der Waals surface area contributed by atoms with Gasteiger partial charge in [-0.3, -0.25) is 0 Å². The fourth-order valence-electron chi connectivity index (χ4n) is 5.17. The third kappa shape index (κ3) is 7.13. The van der Waals surface area contributed by atoms with Crippen LogP contribution in [0.25, 0.3) is 33.3 Å². The Bertz CT molecular complexity index is 1630. The van der Waals surface area contributed by atoms with Gasteiger partial charge in [0, 0.05) is 45.6 Å². The van der Waals surface area contributed by atoms with Crippen molar-refractivity contribution in [2.45, 2.75) is 77.4 Å². The van der Waals surface area contributed by atoms with E-state index in [1.165, 1.54) is 0 Å². The van der Waals surface area contributed by atoms with E-state index < -0.39 is 32.0 Å². The molecule has 0 radical (unpaired) electrons. The lowest BCUT2D eigenvalue weighted by molar-refractivity contribution is 0.0463. The van der Waals surface area contributed by atoms with Gasteiger partial charge < -0.3 is 28.8 Å². The van der Waals surface area contributed by atoms with Gasteiger partial charge >= 0.3 is 6.09 Å². The van der Waals surface area contributed by atoms with Crippen molar-refractivity contribution >= 4 is 53.8 Å². The van der Waals surface area contributed by atoms with Crippen molar-refractivity contribution in [1.29, 1.82) is 0 Å². The molecule has 232 valence electrons. The molecule has 1 aromatic carbocycles. The molecule has 1 saturated heterocycles. The van der Waals surface area contributed by atoms with Crippen LogP contribution in [0.5, 0.6) is 0 Å². The molecule has 0 bridgehead atoms. The number of carbonyl (C=O) groups excluding carboxylic acids is 1. The Morgan fingerprint density at radius 3 is 2.67 bits per heavy atom. The highest BCUT2D eigenvalue weighted by atomic mass is 35.5. The minimum absolute atomic E-state index is 0.0733. The van der Waals surface area contributed by atoms with Crippen molar-refractivity contribution in [1.82, 2.24) is 29.4 Å². The Kier molecular flexibility index (Phi) is 8.74. The number of amides is 1. The van der Waals surface area contributed by atoms with Gasteiger partial charge in [-0.1, -0.05) is 37.3 Å². The first-order valence-electron chi connectivity index (χ1n) is 14.6. The van der Waals surface area contributed by atoms with Gasteiger partial charge in [-0.15, -0.1) is 0 Å². The average Bonchev–Trinajstić information content (AvgIpc) is 3.47. The van der Waals surface area contributed by atoms with Crippen LogP contribution in [-0.2, 0) is 23.3 Å². The quantitative estimate of drug-likeness (QED) is 0.178. The van der Waals surface area contributed by atoms with Gasteiger partial charge in [-0.2, -0.15) is 0 Å². The number of aromatic nitrogens is 5. The van der Waals surface area contributed by atoms with Crippen LogP contribution < -0.4 is 10.2 Å². The molecule has 1 fully saturated rings. The molecule has 1 N–H and O–H groups in total. The summed E-state index contributed by atoms with van der Waals surface area (Å²) in [6.45, 7) is 13.8. The van der Waals surface area contributed by atoms with Crippen LogP contribution in [0.1, 0.15) is 27.2 Å². The molecule has 5 rings (SSSR count). The van der Waals surface area contributed by atoms with Crippen LogP contribution in [0.2, 0.25) is 30.7 Å². The standard InChI is InChI=1S/C30H41ClFN7O3Si/c1-30(2,3)42-29(40)35-22-10-11-38(16-21(22)32)24-14-33-26-20(19-8-9-23-27(25(19)31)37(4)17-34-23)15-39(28(26)36-24)18-41-12-13-43(5,6)7/h8-9,14-15,17,21-22H,10-13,16,18H2,1-7H3,(H,35,40)/t21-,22+/m1/s1. The smallest absolute Gasteiger partial charge is 0.407 e. The molecule has 4 heterocycles. The van der Waals surface area contributed by atoms with E-state index in [1.54, 1.807) is 33.3 Å². The number of halogens is 2. The van der Waals surface area contributed by atoms with Crippen LogP contribution in [0.15, 0.2) is 30.9 Å². The number of ether oxygens (including phenoxy) is 2. The van der Waals surface area contributed by atoms with Gasteiger partial charge in [0.15, 0.2) is 5.65 Å². The number of anilines is 1. The highest BCUT2D eigenvalue weighted by molar-refractivity contribution is 6.76.